The average molecular weight is 329 g/mol. The second-order valence-electron chi connectivity index (χ2n) is 4.83. The van der Waals surface area contributed by atoms with Crippen LogP contribution in [0.5, 0.6) is 0 Å². The molecular weight excluding hydrogens is 315 g/mol. The van der Waals surface area contributed by atoms with Gasteiger partial charge in [-0.2, -0.15) is 0 Å². The predicted molar refractivity (Wildman–Crippen MR) is 81.3 cm³/mol. The van der Waals surface area contributed by atoms with E-state index in [1.165, 1.54) is 12.8 Å². The number of halogens is 2. The molecule has 1 aromatic carbocycles. The maximum absolute atomic E-state index is 6.18. The Bertz CT molecular complexity index is 576. The number of hydrogen-bond donors (Lipinski definition) is 0. The van der Waals surface area contributed by atoms with Crippen LogP contribution in [0.15, 0.2) is 23.4 Å². The smallest absolute Gasteiger partial charge is 0.209 e. The summed E-state index contributed by atoms with van der Waals surface area (Å²) in [4.78, 5) is 0. The third kappa shape index (κ3) is 2.95. The van der Waals surface area contributed by atoms with Gasteiger partial charge in [-0.1, -0.05) is 53.9 Å². The zero-order valence-electron chi connectivity index (χ0n) is 10.8. The van der Waals surface area contributed by atoms with Crippen LogP contribution in [0.3, 0.4) is 0 Å². The minimum Gasteiger partial charge on any atom is -0.217 e. The standard InChI is InChI=1S/C13H14Cl2N4S/c14-11-6-3-7-12(15)10(11)8-20-13-16-17-18-19(13)9-4-1-2-5-9/h3,6-7,9H,1-2,4-5,8H2. The van der Waals surface area contributed by atoms with Gasteiger partial charge in [-0.15, -0.1) is 5.10 Å². The molecule has 1 heterocycles. The van der Waals surface area contributed by atoms with Gasteiger partial charge in [0.25, 0.3) is 0 Å². The molecule has 1 saturated carbocycles. The van der Waals surface area contributed by atoms with E-state index in [0.29, 0.717) is 21.8 Å². The molecular formula is C13H14Cl2N4S. The van der Waals surface area contributed by atoms with Crippen molar-refractivity contribution in [1.29, 1.82) is 0 Å². The van der Waals surface area contributed by atoms with Gasteiger partial charge < -0.3 is 0 Å². The first-order valence-electron chi connectivity index (χ1n) is 6.59. The van der Waals surface area contributed by atoms with Crippen LogP contribution < -0.4 is 0 Å². The quantitative estimate of drug-likeness (QED) is 0.781. The molecule has 7 heteroatoms. The van der Waals surface area contributed by atoms with Crippen molar-refractivity contribution in [2.24, 2.45) is 0 Å². The van der Waals surface area contributed by atoms with Crippen LogP contribution in [0.25, 0.3) is 0 Å². The Morgan fingerprint density at radius 3 is 2.60 bits per heavy atom. The van der Waals surface area contributed by atoms with E-state index in [-0.39, 0.29) is 0 Å². The lowest BCUT2D eigenvalue weighted by Crippen LogP contribution is -2.08. The molecule has 1 aliphatic carbocycles. The zero-order valence-corrected chi connectivity index (χ0v) is 13.1. The fraction of sp³-hybridized carbons (Fsp3) is 0.462. The highest BCUT2D eigenvalue weighted by atomic mass is 35.5. The van der Waals surface area contributed by atoms with Crippen molar-refractivity contribution in [2.75, 3.05) is 0 Å². The molecule has 0 radical (unpaired) electrons. The van der Waals surface area contributed by atoms with Crippen LogP contribution in [0.1, 0.15) is 37.3 Å². The molecule has 0 unspecified atom stereocenters. The number of nitrogens with zero attached hydrogens (tertiary/aromatic N) is 4. The van der Waals surface area contributed by atoms with Crippen molar-refractivity contribution in [3.63, 3.8) is 0 Å². The second kappa shape index (κ2) is 6.33. The molecule has 3 rings (SSSR count). The molecule has 0 bridgehead atoms. The van der Waals surface area contributed by atoms with Gasteiger partial charge >= 0.3 is 0 Å². The highest BCUT2D eigenvalue weighted by molar-refractivity contribution is 7.98. The number of benzene rings is 1. The van der Waals surface area contributed by atoms with Crippen molar-refractivity contribution in [3.05, 3.63) is 33.8 Å². The maximum atomic E-state index is 6.18. The molecule has 0 atom stereocenters. The molecule has 0 aliphatic heterocycles. The topological polar surface area (TPSA) is 43.6 Å². The highest BCUT2D eigenvalue weighted by Crippen LogP contribution is 2.34. The van der Waals surface area contributed by atoms with Gasteiger partial charge in [-0.05, 0) is 41.0 Å². The van der Waals surface area contributed by atoms with Crippen LogP contribution in [0, 0.1) is 0 Å². The number of hydrogen-bond acceptors (Lipinski definition) is 4. The van der Waals surface area contributed by atoms with E-state index >= 15 is 0 Å². The van der Waals surface area contributed by atoms with Crippen LogP contribution in [0.4, 0.5) is 0 Å². The summed E-state index contributed by atoms with van der Waals surface area (Å²) in [5.41, 5.74) is 0.932. The highest BCUT2D eigenvalue weighted by Gasteiger charge is 2.21. The molecule has 1 fully saturated rings. The molecule has 0 spiro atoms. The number of aromatic nitrogens is 4. The van der Waals surface area contributed by atoms with Crippen molar-refractivity contribution >= 4 is 35.0 Å². The van der Waals surface area contributed by atoms with Gasteiger partial charge in [0.05, 0.1) is 6.04 Å². The fourth-order valence-corrected chi connectivity index (χ4v) is 4.15. The summed E-state index contributed by atoms with van der Waals surface area (Å²) in [7, 11) is 0. The van der Waals surface area contributed by atoms with Crippen molar-refractivity contribution in [2.45, 2.75) is 42.6 Å². The third-order valence-corrected chi connectivity index (χ3v) is 5.21. The van der Waals surface area contributed by atoms with Crippen molar-refractivity contribution in [1.82, 2.24) is 20.2 Å². The summed E-state index contributed by atoms with van der Waals surface area (Å²) in [6.07, 6.45) is 4.83. The Morgan fingerprint density at radius 2 is 1.90 bits per heavy atom. The van der Waals surface area contributed by atoms with E-state index in [9.17, 15) is 0 Å². The van der Waals surface area contributed by atoms with E-state index in [1.807, 2.05) is 22.9 Å². The van der Waals surface area contributed by atoms with Gasteiger partial charge in [-0.25, -0.2) is 4.68 Å². The Labute approximate surface area is 131 Å². The summed E-state index contributed by atoms with van der Waals surface area (Å²) in [5, 5.41) is 14.2. The van der Waals surface area contributed by atoms with Crippen LogP contribution in [-0.2, 0) is 5.75 Å². The lowest BCUT2D eigenvalue weighted by atomic mass is 10.2. The van der Waals surface area contributed by atoms with Crippen molar-refractivity contribution < 1.29 is 0 Å². The second-order valence-corrected chi connectivity index (χ2v) is 6.59. The predicted octanol–water partition coefficient (Wildman–Crippen LogP) is 4.39. The first-order chi connectivity index (χ1) is 9.75. The van der Waals surface area contributed by atoms with E-state index in [1.54, 1.807) is 11.8 Å². The minimum absolute atomic E-state index is 0.439. The first kappa shape index (κ1) is 14.2. The lowest BCUT2D eigenvalue weighted by Gasteiger charge is -2.11. The molecule has 4 nitrogen and oxygen atoms in total. The number of rotatable bonds is 4. The number of thioether (sulfide) groups is 1. The average Bonchev–Trinajstić information content (AvgIpc) is 3.08. The largest absolute Gasteiger partial charge is 0.217 e. The van der Waals surface area contributed by atoms with Gasteiger partial charge in [0.2, 0.25) is 5.16 Å². The van der Waals surface area contributed by atoms with Gasteiger partial charge in [0, 0.05) is 15.8 Å². The number of tetrazole rings is 1. The van der Waals surface area contributed by atoms with Crippen LogP contribution >= 0.6 is 35.0 Å². The maximum Gasteiger partial charge on any atom is 0.209 e. The molecule has 0 amide bonds. The summed E-state index contributed by atoms with van der Waals surface area (Å²) in [5.74, 6) is 0.672. The van der Waals surface area contributed by atoms with Crippen LogP contribution in [-0.4, -0.2) is 20.2 Å². The van der Waals surface area contributed by atoms with E-state index < -0.39 is 0 Å². The Kier molecular flexibility index (Phi) is 4.48. The summed E-state index contributed by atoms with van der Waals surface area (Å²) < 4.78 is 1.95. The normalized spacial score (nSPS) is 15.9. The summed E-state index contributed by atoms with van der Waals surface area (Å²) in [6, 6.07) is 5.99. The monoisotopic (exact) mass is 328 g/mol. The van der Waals surface area contributed by atoms with Gasteiger partial charge in [-0.3, -0.25) is 0 Å². The van der Waals surface area contributed by atoms with E-state index in [2.05, 4.69) is 15.5 Å². The summed E-state index contributed by atoms with van der Waals surface area (Å²) >= 11 is 13.9. The molecule has 0 saturated heterocycles. The molecule has 0 N–H and O–H groups in total. The first-order valence-corrected chi connectivity index (χ1v) is 8.33. The molecule has 1 aromatic heterocycles. The van der Waals surface area contributed by atoms with E-state index in [4.69, 9.17) is 23.2 Å². The van der Waals surface area contributed by atoms with Crippen LogP contribution in [0.2, 0.25) is 10.0 Å². The van der Waals surface area contributed by atoms with Gasteiger partial charge in [0.15, 0.2) is 0 Å². The minimum atomic E-state index is 0.439. The van der Waals surface area contributed by atoms with E-state index in [0.717, 1.165) is 23.6 Å². The Balaban J connectivity index is 1.74. The van der Waals surface area contributed by atoms with Crippen molar-refractivity contribution in [3.8, 4) is 0 Å². The summed E-state index contributed by atoms with van der Waals surface area (Å²) in [6.45, 7) is 0. The Morgan fingerprint density at radius 1 is 1.20 bits per heavy atom. The van der Waals surface area contributed by atoms with Gasteiger partial charge in [0.1, 0.15) is 0 Å². The Hall–Kier alpha value is -0.780. The third-order valence-electron chi connectivity index (χ3n) is 3.54. The lowest BCUT2D eigenvalue weighted by molar-refractivity contribution is 0.423. The fourth-order valence-electron chi connectivity index (χ4n) is 2.47. The molecule has 1 aliphatic rings. The molecule has 2 aromatic rings. The zero-order chi connectivity index (χ0) is 13.9. The molecule has 106 valence electrons. The SMILES string of the molecule is Clc1cccc(Cl)c1CSc1nnnn1C1CCCC1. The molecule has 20 heavy (non-hydrogen) atoms.